The van der Waals surface area contributed by atoms with Gasteiger partial charge < -0.3 is 9.88 Å². The number of piperidine rings is 1. The number of nitrogens with zero attached hydrogens (tertiary/aromatic N) is 2. The third kappa shape index (κ3) is 4.52. The lowest BCUT2D eigenvalue weighted by Gasteiger charge is -2.31. The summed E-state index contributed by atoms with van der Waals surface area (Å²) in [6.07, 6.45) is 4.27. The molecule has 2 heterocycles. The van der Waals surface area contributed by atoms with Gasteiger partial charge in [0.1, 0.15) is 0 Å². The van der Waals surface area contributed by atoms with Gasteiger partial charge in [0.15, 0.2) is 0 Å². The number of aryl methyl sites for hydroxylation is 2. The van der Waals surface area contributed by atoms with Crippen LogP contribution in [0.5, 0.6) is 0 Å². The molecule has 1 N–H and O–H groups in total. The quantitative estimate of drug-likeness (QED) is 0.639. The summed E-state index contributed by atoms with van der Waals surface area (Å²) in [5, 5.41) is 3.87. The van der Waals surface area contributed by atoms with Gasteiger partial charge >= 0.3 is 0 Å². The molecule has 4 rings (SSSR count). The summed E-state index contributed by atoms with van der Waals surface area (Å²) >= 11 is 0. The average molecular weight is 440 g/mol. The second-order valence-corrected chi connectivity index (χ2v) is 10.2. The lowest BCUT2D eigenvalue weighted by Crippen LogP contribution is -2.45. The maximum absolute atomic E-state index is 13.2. The van der Waals surface area contributed by atoms with Crippen LogP contribution < -0.4 is 5.32 Å². The van der Waals surface area contributed by atoms with Crippen LogP contribution in [0.1, 0.15) is 30.9 Å². The van der Waals surface area contributed by atoms with E-state index in [-0.39, 0.29) is 23.3 Å². The maximum atomic E-state index is 13.2. The molecular weight excluding hydrogens is 410 g/mol. The summed E-state index contributed by atoms with van der Waals surface area (Å²) in [4.78, 5) is 13.0. The summed E-state index contributed by atoms with van der Waals surface area (Å²) in [6, 6.07) is 15.3. The van der Waals surface area contributed by atoms with Crippen LogP contribution in [0.3, 0.4) is 0 Å². The molecule has 0 aliphatic carbocycles. The standard InChI is InChI=1S/C24H29N3O3S/c1-3-18-6-8-19(9-7-18)16-25-24(28)21-5-4-13-27(17-21)31(29,30)22-10-11-23-20(15-22)12-14-26(23)2/h6-12,14-15,21H,3-5,13,16-17H2,1-2H3,(H,25,28)/t21-/m0/s1. The van der Waals surface area contributed by atoms with Crippen molar-refractivity contribution < 1.29 is 13.2 Å². The normalized spacial score (nSPS) is 17.7. The number of aromatic nitrogens is 1. The lowest BCUT2D eigenvalue weighted by atomic mass is 9.98. The van der Waals surface area contributed by atoms with Crippen LogP contribution in [-0.2, 0) is 34.8 Å². The number of benzene rings is 2. The highest BCUT2D eigenvalue weighted by molar-refractivity contribution is 7.89. The summed E-state index contributed by atoms with van der Waals surface area (Å²) in [5.41, 5.74) is 3.29. The van der Waals surface area contributed by atoms with Gasteiger partial charge in [-0.05, 0) is 54.7 Å². The molecule has 31 heavy (non-hydrogen) atoms. The summed E-state index contributed by atoms with van der Waals surface area (Å²) in [7, 11) is -1.71. The van der Waals surface area contributed by atoms with Gasteiger partial charge in [0.2, 0.25) is 15.9 Å². The van der Waals surface area contributed by atoms with Crippen molar-refractivity contribution in [2.45, 2.75) is 37.6 Å². The number of nitrogens with one attached hydrogen (secondary N) is 1. The molecule has 0 spiro atoms. The molecule has 0 unspecified atom stereocenters. The van der Waals surface area contributed by atoms with E-state index in [4.69, 9.17) is 0 Å². The summed E-state index contributed by atoms with van der Waals surface area (Å²) < 4.78 is 29.9. The smallest absolute Gasteiger partial charge is 0.243 e. The molecule has 164 valence electrons. The molecule has 0 saturated carbocycles. The van der Waals surface area contributed by atoms with Crippen molar-refractivity contribution in [1.29, 1.82) is 0 Å². The number of sulfonamides is 1. The van der Waals surface area contributed by atoms with Crippen molar-refractivity contribution in [1.82, 2.24) is 14.2 Å². The van der Waals surface area contributed by atoms with Crippen LogP contribution >= 0.6 is 0 Å². The minimum atomic E-state index is -3.64. The molecular formula is C24H29N3O3S. The molecule has 1 amide bonds. The first-order valence-electron chi connectivity index (χ1n) is 10.8. The number of hydrogen-bond acceptors (Lipinski definition) is 3. The Balaban J connectivity index is 1.43. The highest BCUT2D eigenvalue weighted by Crippen LogP contribution is 2.26. The Morgan fingerprint density at radius 1 is 1.10 bits per heavy atom. The van der Waals surface area contributed by atoms with Crippen LogP contribution in [0.25, 0.3) is 10.9 Å². The molecule has 1 aromatic heterocycles. The SMILES string of the molecule is CCc1ccc(CNC(=O)[C@H]2CCCN(S(=O)(=O)c3ccc4c(ccn4C)c3)C2)cc1. The Hall–Kier alpha value is -2.64. The number of amides is 1. The third-order valence-corrected chi connectivity index (χ3v) is 8.01. The van der Waals surface area contributed by atoms with E-state index in [0.29, 0.717) is 25.9 Å². The third-order valence-electron chi connectivity index (χ3n) is 6.15. The first-order chi connectivity index (χ1) is 14.9. The minimum absolute atomic E-state index is 0.0852. The van der Waals surface area contributed by atoms with E-state index < -0.39 is 10.0 Å². The monoisotopic (exact) mass is 439 g/mol. The largest absolute Gasteiger partial charge is 0.352 e. The van der Waals surface area contributed by atoms with Crippen molar-refractivity contribution >= 4 is 26.8 Å². The zero-order valence-electron chi connectivity index (χ0n) is 18.0. The van der Waals surface area contributed by atoms with Gasteiger partial charge in [0.05, 0.1) is 10.8 Å². The highest BCUT2D eigenvalue weighted by Gasteiger charge is 2.33. The Labute approximate surface area is 183 Å². The summed E-state index contributed by atoms with van der Waals surface area (Å²) in [5.74, 6) is -0.420. The van der Waals surface area contributed by atoms with Crippen LogP contribution in [0, 0.1) is 5.92 Å². The number of fused-ring (bicyclic) bond motifs is 1. The number of rotatable bonds is 6. The lowest BCUT2D eigenvalue weighted by molar-refractivity contribution is -0.126. The van der Waals surface area contributed by atoms with Crippen molar-refractivity contribution in [2.75, 3.05) is 13.1 Å². The second kappa shape index (κ2) is 8.85. The first kappa shape index (κ1) is 21.6. The Kier molecular flexibility index (Phi) is 6.16. The Bertz CT molecular complexity index is 1180. The van der Waals surface area contributed by atoms with E-state index in [2.05, 4.69) is 24.4 Å². The van der Waals surface area contributed by atoms with Crippen molar-refractivity contribution in [3.8, 4) is 0 Å². The molecule has 0 radical (unpaired) electrons. The maximum Gasteiger partial charge on any atom is 0.243 e. The van der Waals surface area contributed by atoms with Gasteiger partial charge in [-0.15, -0.1) is 0 Å². The fourth-order valence-corrected chi connectivity index (χ4v) is 5.73. The second-order valence-electron chi connectivity index (χ2n) is 8.24. The topological polar surface area (TPSA) is 71.4 Å². The van der Waals surface area contributed by atoms with Crippen molar-refractivity contribution in [3.63, 3.8) is 0 Å². The summed E-state index contributed by atoms with van der Waals surface area (Å²) in [6.45, 7) is 3.22. The molecule has 1 aliphatic rings. The minimum Gasteiger partial charge on any atom is -0.352 e. The van der Waals surface area contributed by atoms with E-state index in [1.54, 1.807) is 12.1 Å². The molecule has 6 nitrogen and oxygen atoms in total. The molecule has 1 atom stereocenters. The van der Waals surface area contributed by atoms with Gasteiger partial charge in [-0.2, -0.15) is 4.31 Å². The molecule has 7 heteroatoms. The van der Waals surface area contributed by atoms with Crippen molar-refractivity contribution in [3.05, 3.63) is 65.9 Å². The number of hydrogen-bond donors (Lipinski definition) is 1. The molecule has 0 bridgehead atoms. The van der Waals surface area contributed by atoms with Gasteiger partial charge in [-0.1, -0.05) is 31.2 Å². The highest BCUT2D eigenvalue weighted by atomic mass is 32.2. The average Bonchev–Trinajstić information content (AvgIpc) is 3.18. The molecule has 1 saturated heterocycles. The molecule has 2 aromatic carbocycles. The zero-order chi connectivity index (χ0) is 22.0. The van der Waals surface area contributed by atoms with E-state index in [1.165, 1.54) is 9.87 Å². The van der Waals surface area contributed by atoms with Crippen LogP contribution in [0.4, 0.5) is 0 Å². The molecule has 3 aromatic rings. The molecule has 1 fully saturated rings. The van der Waals surface area contributed by atoms with Crippen molar-refractivity contribution in [2.24, 2.45) is 13.0 Å². The van der Waals surface area contributed by atoms with Gasteiger partial charge in [0, 0.05) is 43.8 Å². The van der Waals surface area contributed by atoms with Crippen LogP contribution in [-0.4, -0.2) is 36.3 Å². The Morgan fingerprint density at radius 2 is 1.84 bits per heavy atom. The predicted molar refractivity (Wildman–Crippen MR) is 122 cm³/mol. The van der Waals surface area contributed by atoms with Gasteiger partial charge in [-0.25, -0.2) is 8.42 Å². The fourth-order valence-electron chi connectivity index (χ4n) is 4.17. The van der Waals surface area contributed by atoms with E-state index in [0.717, 1.165) is 22.9 Å². The van der Waals surface area contributed by atoms with E-state index >= 15 is 0 Å². The van der Waals surface area contributed by atoms with Crippen LogP contribution in [0.15, 0.2) is 59.6 Å². The zero-order valence-corrected chi connectivity index (χ0v) is 18.9. The number of carbonyl (C=O) groups excluding carboxylic acids is 1. The fraction of sp³-hybridized carbons (Fsp3) is 0.375. The molecule has 1 aliphatic heterocycles. The van der Waals surface area contributed by atoms with Gasteiger partial charge in [-0.3, -0.25) is 4.79 Å². The first-order valence-corrected chi connectivity index (χ1v) is 12.2. The van der Waals surface area contributed by atoms with Crippen LogP contribution in [0.2, 0.25) is 0 Å². The Morgan fingerprint density at radius 3 is 2.58 bits per heavy atom. The van der Waals surface area contributed by atoms with Gasteiger partial charge in [0.25, 0.3) is 0 Å². The predicted octanol–water partition coefficient (Wildman–Crippen LogP) is 3.46. The van der Waals surface area contributed by atoms with E-state index in [1.807, 2.05) is 42.1 Å². The van der Waals surface area contributed by atoms with E-state index in [9.17, 15) is 13.2 Å². The number of carbonyl (C=O) groups is 1.